The molecule has 0 fully saturated rings. The molecule has 0 saturated carbocycles. The molecule has 0 aromatic heterocycles. The molecule has 114 valence electrons. The Hall–Kier alpha value is -1.10. The Labute approximate surface area is 117 Å². The molecule has 1 nitrogen and oxygen atoms in total. The van der Waals surface area contributed by atoms with Crippen LogP contribution in [0.5, 0.6) is 0 Å². The second kappa shape index (κ2) is 6.12. The van der Waals surface area contributed by atoms with Crippen molar-refractivity contribution < 1.29 is 17.6 Å². The molecule has 1 N–H and O–H groups in total. The van der Waals surface area contributed by atoms with Gasteiger partial charge in [0, 0.05) is 6.04 Å². The molecule has 0 radical (unpaired) electrons. The topological polar surface area (TPSA) is 12.0 Å². The van der Waals surface area contributed by atoms with Gasteiger partial charge in [-0.3, -0.25) is 0 Å². The number of rotatable bonds is 5. The number of alkyl halides is 3. The van der Waals surface area contributed by atoms with Crippen molar-refractivity contribution in [2.45, 2.75) is 46.3 Å². The van der Waals surface area contributed by atoms with Crippen LogP contribution in [0, 0.1) is 11.2 Å². The second-order valence-corrected chi connectivity index (χ2v) is 5.57. The molecule has 0 bridgehead atoms. The van der Waals surface area contributed by atoms with Crippen LogP contribution in [0.3, 0.4) is 0 Å². The minimum atomic E-state index is -4.66. The Morgan fingerprint density at radius 2 is 1.75 bits per heavy atom. The predicted molar refractivity (Wildman–Crippen MR) is 71.9 cm³/mol. The Morgan fingerprint density at radius 3 is 2.15 bits per heavy atom. The Balaban J connectivity index is 3.21. The van der Waals surface area contributed by atoms with Crippen LogP contribution in [-0.2, 0) is 6.18 Å². The molecular formula is C15H21F4N. The summed E-state index contributed by atoms with van der Waals surface area (Å²) in [7, 11) is 0. The smallest absolute Gasteiger partial charge is 0.310 e. The van der Waals surface area contributed by atoms with E-state index in [0.717, 1.165) is 18.6 Å². The molecular weight excluding hydrogens is 270 g/mol. The normalized spacial score (nSPS) is 14.4. The quantitative estimate of drug-likeness (QED) is 0.758. The fourth-order valence-electron chi connectivity index (χ4n) is 2.19. The van der Waals surface area contributed by atoms with Crippen molar-refractivity contribution in [1.82, 2.24) is 5.32 Å². The zero-order chi connectivity index (χ0) is 15.6. The van der Waals surface area contributed by atoms with Gasteiger partial charge in [0.05, 0.1) is 5.56 Å². The first-order valence-electron chi connectivity index (χ1n) is 6.73. The van der Waals surface area contributed by atoms with Gasteiger partial charge in [-0.05, 0) is 36.1 Å². The summed E-state index contributed by atoms with van der Waals surface area (Å²) in [6.45, 7) is 8.60. The molecule has 0 spiro atoms. The average molecular weight is 291 g/mol. The Kier molecular flexibility index (Phi) is 5.19. The number of hydrogen-bond donors (Lipinski definition) is 1. The highest BCUT2D eigenvalue weighted by molar-refractivity contribution is 5.29. The largest absolute Gasteiger partial charge is 0.419 e. The van der Waals surface area contributed by atoms with Crippen LogP contribution in [0.4, 0.5) is 17.6 Å². The van der Waals surface area contributed by atoms with Gasteiger partial charge in [-0.1, -0.05) is 33.8 Å². The molecule has 0 aliphatic heterocycles. The lowest BCUT2D eigenvalue weighted by atomic mass is 9.78. The Morgan fingerprint density at radius 1 is 1.15 bits per heavy atom. The molecule has 20 heavy (non-hydrogen) atoms. The molecule has 1 aromatic rings. The minimum absolute atomic E-state index is 0.178. The third-order valence-electron chi connectivity index (χ3n) is 3.73. The van der Waals surface area contributed by atoms with E-state index >= 15 is 0 Å². The van der Waals surface area contributed by atoms with Crippen LogP contribution in [0.2, 0.25) is 0 Å². The summed E-state index contributed by atoms with van der Waals surface area (Å²) in [6, 6.07) is 2.99. The van der Waals surface area contributed by atoms with Crippen LogP contribution in [0.25, 0.3) is 0 Å². The van der Waals surface area contributed by atoms with Gasteiger partial charge in [0.25, 0.3) is 0 Å². The van der Waals surface area contributed by atoms with Crippen LogP contribution < -0.4 is 5.32 Å². The van der Waals surface area contributed by atoms with Gasteiger partial charge in [-0.25, -0.2) is 4.39 Å². The maximum Gasteiger partial charge on any atom is 0.419 e. The standard InChI is InChI=1S/C15H21F4N/c1-5-14(3,4)13(20-6-2)10-7-8-11(12(16)9-10)15(17,18)19/h7-9,13,20H,5-6H2,1-4H3. The van der Waals surface area contributed by atoms with E-state index in [1.807, 2.05) is 27.7 Å². The number of halogens is 4. The van der Waals surface area contributed by atoms with E-state index in [2.05, 4.69) is 5.32 Å². The Bertz CT molecular complexity index is 452. The van der Waals surface area contributed by atoms with Crippen molar-refractivity contribution in [1.29, 1.82) is 0 Å². The van der Waals surface area contributed by atoms with E-state index in [0.29, 0.717) is 12.1 Å². The molecule has 0 heterocycles. The molecule has 1 atom stereocenters. The molecule has 1 rings (SSSR count). The van der Waals surface area contributed by atoms with Gasteiger partial charge < -0.3 is 5.32 Å². The predicted octanol–water partition coefficient (Wildman–Crippen LogP) is 4.93. The summed E-state index contributed by atoms with van der Waals surface area (Å²) in [5, 5.41) is 3.23. The SMILES string of the molecule is CCNC(c1ccc(C(F)(F)F)c(F)c1)C(C)(C)CC. The van der Waals surface area contributed by atoms with Crippen molar-refractivity contribution >= 4 is 0 Å². The molecule has 0 aliphatic carbocycles. The van der Waals surface area contributed by atoms with E-state index in [1.165, 1.54) is 6.07 Å². The summed E-state index contributed by atoms with van der Waals surface area (Å²) in [5.41, 5.74) is -0.850. The second-order valence-electron chi connectivity index (χ2n) is 5.57. The number of benzene rings is 1. The van der Waals surface area contributed by atoms with Gasteiger partial charge >= 0.3 is 6.18 Å². The molecule has 0 amide bonds. The molecule has 1 aromatic carbocycles. The van der Waals surface area contributed by atoms with Crippen LogP contribution >= 0.6 is 0 Å². The minimum Gasteiger partial charge on any atom is -0.310 e. The van der Waals surface area contributed by atoms with Gasteiger partial charge in [0.1, 0.15) is 5.82 Å². The zero-order valence-electron chi connectivity index (χ0n) is 12.2. The highest BCUT2D eigenvalue weighted by atomic mass is 19.4. The third-order valence-corrected chi connectivity index (χ3v) is 3.73. The molecule has 0 saturated heterocycles. The maximum absolute atomic E-state index is 13.7. The number of hydrogen-bond acceptors (Lipinski definition) is 1. The van der Waals surface area contributed by atoms with Crippen molar-refractivity contribution in [3.8, 4) is 0 Å². The first-order valence-corrected chi connectivity index (χ1v) is 6.73. The fourth-order valence-corrected chi connectivity index (χ4v) is 2.19. The summed E-state index contributed by atoms with van der Waals surface area (Å²) < 4.78 is 51.4. The maximum atomic E-state index is 13.7. The fraction of sp³-hybridized carbons (Fsp3) is 0.600. The lowest BCUT2D eigenvalue weighted by molar-refractivity contribution is -0.140. The third kappa shape index (κ3) is 3.72. The van der Waals surface area contributed by atoms with E-state index < -0.39 is 17.6 Å². The van der Waals surface area contributed by atoms with Crippen molar-refractivity contribution in [3.63, 3.8) is 0 Å². The highest BCUT2D eigenvalue weighted by Crippen LogP contribution is 2.38. The van der Waals surface area contributed by atoms with Crippen LogP contribution in [-0.4, -0.2) is 6.54 Å². The summed E-state index contributed by atoms with van der Waals surface area (Å²) >= 11 is 0. The summed E-state index contributed by atoms with van der Waals surface area (Å²) in [4.78, 5) is 0. The van der Waals surface area contributed by atoms with Gasteiger partial charge in [0.15, 0.2) is 0 Å². The van der Waals surface area contributed by atoms with Crippen molar-refractivity contribution in [2.24, 2.45) is 5.41 Å². The van der Waals surface area contributed by atoms with E-state index in [9.17, 15) is 17.6 Å². The first-order chi connectivity index (χ1) is 9.13. The monoisotopic (exact) mass is 291 g/mol. The van der Waals surface area contributed by atoms with Crippen molar-refractivity contribution in [3.05, 3.63) is 35.1 Å². The first kappa shape index (κ1) is 17.0. The van der Waals surface area contributed by atoms with Crippen LogP contribution in [0.1, 0.15) is 51.3 Å². The van der Waals surface area contributed by atoms with Gasteiger partial charge in [-0.2, -0.15) is 13.2 Å². The van der Waals surface area contributed by atoms with E-state index in [1.54, 1.807) is 0 Å². The van der Waals surface area contributed by atoms with Crippen LogP contribution in [0.15, 0.2) is 18.2 Å². The molecule has 5 heteroatoms. The van der Waals surface area contributed by atoms with Crippen molar-refractivity contribution in [2.75, 3.05) is 6.54 Å². The number of nitrogens with one attached hydrogen (secondary N) is 1. The van der Waals surface area contributed by atoms with E-state index in [-0.39, 0.29) is 11.5 Å². The lowest BCUT2D eigenvalue weighted by Crippen LogP contribution is -2.34. The van der Waals surface area contributed by atoms with Gasteiger partial charge in [0.2, 0.25) is 0 Å². The lowest BCUT2D eigenvalue weighted by Gasteiger charge is -2.34. The summed E-state index contributed by atoms with van der Waals surface area (Å²) in [6.07, 6.45) is -3.83. The highest BCUT2D eigenvalue weighted by Gasteiger charge is 2.35. The average Bonchev–Trinajstić information content (AvgIpc) is 2.34. The van der Waals surface area contributed by atoms with Gasteiger partial charge in [-0.15, -0.1) is 0 Å². The van der Waals surface area contributed by atoms with E-state index in [4.69, 9.17) is 0 Å². The summed E-state index contributed by atoms with van der Waals surface area (Å²) in [5.74, 6) is -1.22. The zero-order valence-corrected chi connectivity index (χ0v) is 12.2. The molecule has 1 unspecified atom stereocenters. The molecule has 0 aliphatic rings.